The van der Waals surface area contributed by atoms with Crippen LogP contribution in [0.1, 0.15) is 30.9 Å². The van der Waals surface area contributed by atoms with E-state index in [1.165, 1.54) is 0 Å². The summed E-state index contributed by atoms with van der Waals surface area (Å²) >= 11 is 0. The number of phenolic OH excluding ortho intramolecular Hbond substituents is 1. The van der Waals surface area contributed by atoms with Crippen molar-refractivity contribution < 1.29 is 14.6 Å². The van der Waals surface area contributed by atoms with Gasteiger partial charge in [-0.1, -0.05) is 42.5 Å². The normalized spacial score (nSPS) is 16.1. The second-order valence-corrected chi connectivity index (χ2v) is 7.35. The highest BCUT2D eigenvalue weighted by Crippen LogP contribution is 2.29. The molecule has 1 aliphatic heterocycles. The number of carbonyl (C=O) groups excluding carboxylic acids is 1. The highest BCUT2D eigenvalue weighted by atomic mass is 35.5. The zero-order chi connectivity index (χ0) is 19.3. The van der Waals surface area contributed by atoms with Crippen LogP contribution in [0.3, 0.4) is 0 Å². The molecule has 0 saturated carbocycles. The van der Waals surface area contributed by atoms with Crippen molar-refractivity contribution in [1.29, 1.82) is 0 Å². The van der Waals surface area contributed by atoms with Gasteiger partial charge in [-0.25, -0.2) is 4.79 Å². The van der Waals surface area contributed by atoms with E-state index in [-0.39, 0.29) is 30.9 Å². The van der Waals surface area contributed by atoms with Gasteiger partial charge >= 0.3 is 6.09 Å². The second-order valence-electron chi connectivity index (χ2n) is 7.35. The molecule has 1 fully saturated rings. The Morgan fingerprint density at radius 3 is 2.29 bits per heavy atom. The highest BCUT2D eigenvalue weighted by molar-refractivity contribution is 5.85. The lowest BCUT2D eigenvalue weighted by atomic mass is 9.98. The Morgan fingerprint density at radius 2 is 1.68 bits per heavy atom. The van der Waals surface area contributed by atoms with Crippen molar-refractivity contribution in [3.63, 3.8) is 0 Å². The molecule has 152 valence electrons. The Hall–Kier alpha value is -2.24. The third kappa shape index (κ3) is 5.18. The Labute approximate surface area is 173 Å². The number of nitrogens with zero attached hydrogens (tertiary/aromatic N) is 2. The van der Waals surface area contributed by atoms with Crippen LogP contribution >= 0.6 is 12.4 Å². The molecule has 28 heavy (non-hydrogen) atoms. The van der Waals surface area contributed by atoms with Crippen LogP contribution in [-0.2, 0) is 17.8 Å². The van der Waals surface area contributed by atoms with Gasteiger partial charge in [0.2, 0.25) is 0 Å². The quantitative estimate of drug-likeness (QED) is 0.773. The molecule has 5 nitrogen and oxygen atoms in total. The number of likely N-dealkylation sites (N-methyl/N-ethyl adjacent to an activating group) is 1. The summed E-state index contributed by atoms with van der Waals surface area (Å²) < 4.78 is 5.57. The first-order chi connectivity index (χ1) is 13.0. The van der Waals surface area contributed by atoms with Crippen molar-refractivity contribution in [2.75, 3.05) is 20.1 Å². The zero-order valence-electron chi connectivity index (χ0n) is 16.5. The molecular formula is C22H29ClN2O3. The van der Waals surface area contributed by atoms with Gasteiger partial charge in [-0.2, -0.15) is 0 Å². The highest BCUT2D eigenvalue weighted by Gasteiger charge is 2.40. The van der Waals surface area contributed by atoms with E-state index in [9.17, 15) is 9.90 Å². The molecule has 1 N–H and O–H groups in total. The fraction of sp³-hybridized carbons (Fsp3) is 0.409. The average molecular weight is 405 g/mol. The maximum Gasteiger partial charge on any atom is 0.411 e. The van der Waals surface area contributed by atoms with E-state index in [4.69, 9.17) is 4.74 Å². The lowest BCUT2D eigenvalue weighted by Crippen LogP contribution is -2.59. The van der Waals surface area contributed by atoms with E-state index >= 15 is 0 Å². The van der Waals surface area contributed by atoms with Crippen LogP contribution in [-0.4, -0.2) is 46.8 Å². The predicted octanol–water partition coefficient (Wildman–Crippen LogP) is 4.44. The van der Waals surface area contributed by atoms with E-state index in [0.29, 0.717) is 6.42 Å². The molecule has 0 aliphatic carbocycles. The monoisotopic (exact) mass is 404 g/mol. The first kappa shape index (κ1) is 22.1. The molecule has 2 aromatic rings. The van der Waals surface area contributed by atoms with Gasteiger partial charge in [-0.3, -0.25) is 9.80 Å². The summed E-state index contributed by atoms with van der Waals surface area (Å²) in [6.07, 6.45) is 2.62. The van der Waals surface area contributed by atoms with Gasteiger partial charge in [0.15, 0.2) is 0 Å². The maximum absolute atomic E-state index is 12.8. The van der Waals surface area contributed by atoms with E-state index in [2.05, 4.69) is 11.8 Å². The molecule has 0 spiro atoms. The number of rotatable bonds is 6. The molecular weight excluding hydrogens is 376 g/mol. The minimum Gasteiger partial charge on any atom is -0.508 e. The number of benzene rings is 2. The van der Waals surface area contributed by atoms with Crippen LogP contribution in [0.4, 0.5) is 4.79 Å². The number of halogens is 1. The van der Waals surface area contributed by atoms with E-state index < -0.39 is 5.66 Å². The van der Waals surface area contributed by atoms with Crippen LogP contribution in [0.15, 0.2) is 54.6 Å². The van der Waals surface area contributed by atoms with Gasteiger partial charge in [0, 0.05) is 26.6 Å². The minimum atomic E-state index is -0.485. The molecule has 0 radical (unpaired) electrons. The van der Waals surface area contributed by atoms with E-state index in [1.807, 2.05) is 49.5 Å². The number of hydrogen-bond donors (Lipinski definition) is 1. The summed E-state index contributed by atoms with van der Waals surface area (Å²) in [6.45, 7) is 4.28. The van der Waals surface area contributed by atoms with Gasteiger partial charge in [-0.15, -0.1) is 12.4 Å². The Bertz CT molecular complexity index is 748. The molecule has 0 bridgehead atoms. The molecule has 0 unspecified atom stereocenters. The van der Waals surface area contributed by atoms with Gasteiger partial charge in [-0.05, 0) is 43.0 Å². The number of amides is 1. The van der Waals surface area contributed by atoms with Crippen molar-refractivity contribution in [2.45, 2.75) is 38.5 Å². The van der Waals surface area contributed by atoms with Gasteiger partial charge in [0.1, 0.15) is 18.0 Å². The Kier molecular flexibility index (Phi) is 7.72. The molecule has 1 heterocycles. The molecule has 1 atom stereocenters. The second kappa shape index (κ2) is 9.80. The first-order valence-electron chi connectivity index (χ1n) is 9.46. The fourth-order valence-electron chi connectivity index (χ4n) is 3.65. The van der Waals surface area contributed by atoms with Gasteiger partial charge in [0.05, 0.1) is 0 Å². The van der Waals surface area contributed by atoms with Crippen molar-refractivity contribution in [1.82, 2.24) is 9.80 Å². The van der Waals surface area contributed by atoms with Crippen LogP contribution in [0.25, 0.3) is 0 Å². The number of aromatic hydroxyl groups is 1. The van der Waals surface area contributed by atoms with Crippen molar-refractivity contribution in [3.05, 3.63) is 65.7 Å². The zero-order valence-corrected chi connectivity index (χ0v) is 17.3. The summed E-state index contributed by atoms with van der Waals surface area (Å²) in [4.78, 5) is 16.9. The first-order valence-corrected chi connectivity index (χ1v) is 9.46. The van der Waals surface area contributed by atoms with Crippen molar-refractivity contribution in [3.8, 4) is 5.75 Å². The van der Waals surface area contributed by atoms with Crippen molar-refractivity contribution >= 4 is 18.5 Å². The number of hydrogen-bond acceptors (Lipinski definition) is 4. The summed E-state index contributed by atoms with van der Waals surface area (Å²) in [5, 5.41) is 9.55. The molecule has 6 heteroatoms. The fourth-order valence-corrected chi connectivity index (χ4v) is 3.65. The summed E-state index contributed by atoms with van der Waals surface area (Å²) in [5.74, 6) is 0.247. The van der Waals surface area contributed by atoms with Gasteiger partial charge in [0.25, 0.3) is 0 Å². The molecule has 1 amide bonds. The summed E-state index contributed by atoms with van der Waals surface area (Å²) in [5.41, 5.74) is 1.56. The van der Waals surface area contributed by atoms with Crippen LogP contribution in [0, 0.1) is 0 Å². The number of carbonyl (C=O) groups is 1. The largest absolute Gasteiger partial charge is 0.508 e. The average Bonchev–Trinajstić information content (AvgIpc) is 3.23. The molecule has 2 aromatic carbocycles. The lowest BCUT2D eigenvalue weighted by molar-refractivity contribution is -0.0179. The number of ether oxygens (including phenoxy) is 1. The molecule has 1 aliphatic rings. The molecule has 3 rings (SSSR count). The van der Waals surface area contributed by atoms with Crippen LogP contribution < -0.4 is 0 Å². The molecule has 0 aromatic heterocycles. The maximum atomic E-state index is 12.8. The van der Waals surface area contributed by atoms with E-state index in [0.717, 1.165) is 37.1 Å². The third-order valence-corrected chi connectivity index (χ3v) is 5.46. The van der Waals surface area contributed by atoms with Crippen LogP contribution in [0.2, 0.25) is 0 Å². The van der Waals surface area contributed by atoms with E-state index in [1.54, 1.807) is 17.0 Å². The lowest BCUT2D eigenvalue weighted by Gasteiger charge is -2.45. The topological polar surface area (TPSA) is 53.0 Å². The predicted molar refractivity (Wildman–Crippen MR) is 113 cm³/mol. The van der Waals surface area contributed by atoms with Crippen molar-refractivity contribution in [2.24, 2.45) is 0 Å². The van der Waals surface area contributed by atoms with Crippen LogP contribution in [0.5, 0.6) is 5.75 Å². The summed E-state index contributed by atoms with van der Waals surface area (Å²) in [7, 11) is 1.81. The Morgan fingerprint density at radius 1 is 1.07 bits per heavy atom. The minimum absolute atomic E-state index is 0. The molecule has 1 saturated heterocycles. The SMILES string of the molecule is CN(C(=O)OCc1ccccc1)[C@@](C)(Cc1ccc(O)cc1)N1CCCC1.Cl. The standard InChI is InChI=1S/C22H28N2O3.ClH/c1-22(24-14-6-7-15-24,16-18-10-12-20(25)13-11-18)23(2)21(26)27-17-19-8-4-3-5-9-19;/h3-5,8-13,25H,6-7,14-17H2,1-2H3;1H/t22-;/m1./s1. The Balaban J connectivity index is 0.00000280. The summed E-state index contributed by atoms with van der Waals surface area (Å²) in [6, 6.07) is 16.9. The third-order valence-electron chi connectivity index (χ3n) is 5.46. The van der Waals surface area contributed by atoms with Gasteiger partial charge < -0.3 is 9.84 Å². The smallest absolute Gasteiger partial charge is 0.411 e. The number of likely N-dealkylation sites (tertiary alicyclic amines) is 1. The number of phenols is 1.